The summed E-state index contributed by atoms with van der Waals surface area (Å²) in [5, 5.41) is 4.20. The summed E-state index contributed by atoms with van der Waals surface area (Å²) in [6.45, 7) is 9.10. The smallest absolute Gasteiger partial charge is 0.254 e. The van der Waals surface area contributed by atoms with E-state index in [0.717, 1.165) is 29.9 Å². The molecule has 1 amide bonds. The monoisotopic (exact) mass is 411 g/mol. The van der Waals surface area contributed by atoms with Crippen LogP contribution in [0.5, 0.6) is 0 Å². The molecule has 1 fully saturated rings. The molecule has 0 bridgehead atoms. The lowest BCUT2D eigenvalue weighted by Gasteiger charge is -2.48. The highest BCUT2D eigenvalue weighted by molar-refractivity contribution is 7.98. The Morgan fingerprint density at radius 1 is 1.28 bits per heavy atom. The zero-order valence-corrected chi connectivity index (χ0v) is 19.0. The fraction of sp³-hybridized carbons (Fsp3) is 0.500. The van der Waals surface area contributed by atoms with E-state index in [1.165, 1.54) is 11.8 Å². The van der Waals surface area contributed by atoms with Gasteiger partial charge in [0.05, 0.1) is 11.6 Å². The van der Waals surface area contributed by atoms with Gasteiger partial charge in [-0.25, -0.2) is 4.98 Å². The molecule has 0 radical (unpaired) electrons. The summed E-state index contributed by atoms with van der Waals surface area (Å²) >= 11 is 1.51. The first-order valence-electron chi connectivity index (χ1n) is 10.6. The Labute approximate surface area is 179 Å². The highest BCUT2D eigenvalue weighted by atomic mass is 32.2. The highest BCUT2D eigenvalue weighted by Gasteiger charge is 2.50. The van der Waals surface area contributed by atoms with E-state index in [0.29, 0.717) is 17.6 Å². The minimum absolute atomic E-state index is 0.0487. The summed E-state index contributed by atoms with van der Waals surface area (Å²) in [5.41, 5.74) is 1.71. The van der Waals surface area contributed by atoms with Gasteiger partial charge in [-0.1, -0.05) is 37.3 Å². The third kappa shape index (κ3) is 4.22. The lowest BCUT2D eigenvalue weighted by Crippen LogP contribution is -2.57. The molecule has 4 nitrogen and oxygen atoms in total. The molecule has 1 saturated heterocycles. The molecule has 29 heavy (non-hydrogen) atoms. The lowest BCUT2D eigenvalue weighted by molar-refractivity contribution is 0.0318. The van der Waals surface area contributed by atoms with Crippen LogP contribution in [0.4, 0.5) is 0 Å². The van der Waals surface area contributed by atoms with Crippen LogP contribution in [0.15, 0.2) is 53.7 Å². The maximum absolute atomic E-state index is 13.4. The van der Waals surface area contributed by atoms with Crippen LogP contribution in [0.1, 0.15) is 68.9 Å². The molecular formula is C24H33N3OS. The summed E-state index contributed by atoms with van der Waals surface area (Å²) in [4.78, 5) is 20.4. The van der Waals surface area contributed by atoms with Gasteiger partial charge in [-0.05, 0) is 64.0 Å². The van der Waals surface area contributed by atoms with Crippen molar-refractivity contribution in [2.75, 3.05) is 6.26 Å². The van der Waals surface area contributed by atoms with E-state index in [4.69, 9.17) is 0 Å². The van der Waals surface area contributed by atoms with Crippen molar-refractivity contribution >= 4 is 17.7 Å². The van der Waals surface area contributed by atoms with Gasteiger partial charge in [0.2, 0.25) is 0 Å². The number of thioether (sulfide) groups is 1. The summed E-state index contributed by atoms with van der Waals surface area (Å²) in [7, 11) is 0. The van der Waals surface area contributed by atoms with Crippen LogP contribution in [0.3, 0.4) is 0 Å². The van der Waals surface area contributed by atoms with Gasteiger partial charge in [-0.15, -0.1) is 11.8 Å². The number of amides is 1. The van der Waals surface area contributed by atoms with E-state index in [-0.39, 0.29) is 17.5 Å². The fourth-order valence-electron chi connectivity index (χ4n) is 5.15. The highest BCUT2D eigenvalue weighted by Crippen LogP contribution is 2.46. The number of nitrogens with one attached hydrogen (secondary N) is 1. The average molecular weight is 412 g/mol. The van der Waals surface area contributed by atoms with Crippen LogP contribution in [0.2, 0.25) is 0 Å². The maximum Gasteiger partial charge on any atom is 0.254 e. The Kier molecular flexibility index (Phi) is 7.01. The molecule has 2 heterocycles. The van der Waals surface area contributed by atoms with Crippen molar-refractivity contribution in [1.82, 2.24) is 15.2 Å². The molecule has 1 aliphatic heterocycles. The topological polar surface area (TPSA) is 45.2 Å². The molecule has 1 aromatic heterocycles. The van der Waals surface area contributed by atoms with Gasteiger partial charge in [0.15, 0.2) is 0 Å². The van der Waals surface area contributed by atoms with Gasteiger partial charge in [0.25, 0.3) is 5.91 Å². The Morgan fingerprint density at radius 3 is 2.62 bits per heavy atom. The normalized spacial score (nSPS) is 23.3. The van der Waals surface area contributed by atoms with E-state index in [9.17, 15) is 4.79 Å². The third-order valence-corrected chi connectivity index (χ3v) is 7.02. The number of carbonyl (C=O) groups is 1. The van der Waals surface area contributed by atoms with Crippen LogP contribution >= 0.6 is 11.8 Å². The van der Waals surface area contributed by atoms with E-state index < -0.39 is 0 Å². The van der Waals surface area contributed by atoms with Crippen molar-refractivity contribution in [3.05, 3.63) is 59.8 Å². The number of pyridine rings is 1. The zero-order chi connectivity index (χ0) is 21.0. The molecular weight excluding hydrogens is 378 g/mol. The minimum Gasteiger partial charge on any atom is -0.343 e. The molecule has 0 aliphatic carbocycles. The molecule has 0 saturated carbocycles. The summed E-state index contributed by atoms with van der Waals surface area (Å²) in [6.07, 6.45) is 6.90. The molecule has 1 aromatic carbocycles. The Morgan fingerprint density at radius 2 is 2.00 bits per heavy atom. The van der Waals surface area contributed by atoms with E-state index in [2.05, 4.69) is 67.2 Å². The number of hydrogen-bond acceptors (Lipinski definition) is 4. The van der Waals surface area contributed by atoms with Crippen LogP contribution < -0.4 is 5.32 Å². The second kappa shape index (κ2) is 9.31. The number of benzene rings is 1. The van der Waals surface area contributed by atoms with Crippen LogP contribution in [0.25, 0.3) is 0 Å². The first-order chi connectivity index (χ1) is 13.9. The second-order valence-corrected chi connectivity index (χ2v) is 9.02. The van der Waals surface area contributed by atoms with Crippen molar-refractivity contribution < 1.29 is 4.79 Å². The number of aromatic nitrogens is 1. The number of nitrogens with zero attached hydrogens (tertiary/aromatic N) is 2. The van der Waals surface area contributed by atoms with E-state index in [1.54, 1.807) is 6.20 Å². The van der Waals surface area contributed by atoms with Crippen molar-refractivity contribution in [2.45, 2.75) is 75.6 Å². The van der Waals surface area contributed by atoms with Gasteiger partial charge < -0.3 is 5.32 Å². The van der Waals surface area contributed by atoms with Crippen LogP contribution in [-0.2, 0) is 0 Å². The number of likely N-dealkylation sites (tertiary alicyclic amines) is 1. The van der Waals surface area contributed by atoms with Crippen LogP contribution in [0, 0.1) is 0 Å². The van der Waals surface area contributed by atoms with Gasteiger partial charge >= 0.3 is 0 Å². The van der Waals surface area contributed by atoms with Crippen LogP contribution in [-0.4, -0.2) is 39.7 Å². The quantitative estimate of drug-likeness (QED) is 0.627. The Balaban J connectivity index is 2.05. The molecule has 5 heteroatoms. The summed E-state index contributed by atoms with van der Waals surface area (Å²) < 4.78 is 0. The summed E-state index contributed by atoms with van der Waals surface area (Å²) in [5.74, 6) is -0.0487. The number of rotatable bonds is 7. The summed E-state index contributed by atoms with van der Waals surface area (Å²) in [6, 6.07) is 15.0. The predicted octanol–water partition coefficient (Wildman–Crippen LogP) is 5.32. The second-order valence-electron chi connectivity index (χ2n) is 8.22. The lowest BCUT2D eigenvalue weighted by atomic mass is 9.79. The molecule has 3 atom stereocenters. The average Bonchev–Trinajstić information content (AvgIpc) is 3.09. The van der Waals surface area contributed by atoms with Gasteiger partial charge in [0.1, 0.15) is 5.03 Å². The molecule has 1 aliphatic rings. The minimum atomic E-state index is -0.105. The van der Waals surface area contributed by atoms with Crippen molar-refractivity contribution in [3.63, 3.8) is 0 Å². The van der Waals surface area contributed by atoms with Crippen molar-refractivity contribution in [3.8, 4) is 0 Å². The number of carbonyl (C=O) groups excluding carboxylic acids is 1. The molecule has 0 spiro atoms. The van der Waals surface area contributed by atoms with Crippen molar-refractivity contribution in [1.29, 1.82) is 0 Å². The predicted molar refractivity (Wildman–Crippen MR) is 121 cm³/mol. The van der Waals surface area contributed by atoms with E-state index >= 15 is 0 Å². The van der Waals surface area contributed by atoms with Crippen molar-refractivity contribution in [2.24, 2.45) is 0 Å². The first kappa shape index (κ1) is 21.8. The standard InChI is InChI=1S/C24H33N3OS/c1-6-24(15-14-18(4)27(24)17(2)3)21(19-11-8-7-9-12-19)26-22(28)20-13-10-16-25-23(20)29-5/h7-13,16-18,21H,6,14-15H2,1-5H3,(H,26,28). The number of hydrogen-bond donors (Lipinski definition) is 1. The third-order valence-electron chi connectivity index (χ3n) is 6.31. The van der Waals surface area contributed by atoms with E-state index in [1.807, 2.05) is 24.5 Å². The molecule has 156 valence electrons. The molecule has 2 aromatic rings. The first-order valence-corrected chi connectivity index (χ1v) is 11.8. The Hall–Kier alpha value is -1.85. The largest absolute Gasteiger partial charge is 0.343 e. The zero-order valence-electron chi connectivity index (χ0n) is 18.2. The maximum atomic E-state index is 13.4. The van der Waals surface area contributed by atoms with Gasteiger partial charge in [0, 0.05) is 23.8 Å². The molecule has 1 N–H and O–H groups in total. The SMILES string of the molecule is CCC1(C(NC(=O)c2cccnc2SC)c2ccccc2)CCC(C)N1C(C)C. The molecule has 3 rings (SSSR count). The van der Waals surface area contributed by atoms with Gasteiger partial charge in [-0.2, -0.15) is 0 Å². The fourth-order valence-corrected chi connectivity index (χ4v) is 5.70. The Bertz CT molecular complexity index is 826. The molecule has 3 unspecified atom stereocenters. The van der Waals surface area contributed by atoms with Gasteiger partial charge in [-0.3, -0.25) is 9.69 Å².